The lowest BCUT2D eigenvalue weighted by molar-refractivity contribution is 0.104. The van der Waals surface area contributed by atoms with Gasteiger partial charge in [-0.05, 0) is 47.9 Å². The SMILES string of the molecule is O=C(/C=C/c1cccs1)c1ccc(Cl)cc1. The molecule has 0 aliphatic rings. The van der Waals surface area contributed by atoms with Gasteiger partial charge in [-0.3, -0.25) is 4.79 Å². The smallest absolute Gasteiger partial charge is 0.185 e. The van der Waals surface area contributed by atoms with Crippen molar-refractivity contribution in [3.8, 4) is 0 Å². The van der Waals surface area contributed by atoms with Crippen LogP contribution in [0.3, 0.4) is 0 Å². The summed E-state index contributed by atoms with van der Waals surface area (Å²) in [4.78, 5) is 12.8. The van der Waals surface area contributed by atoms with Gasteiger partial charge in [0.2, 0.25) is 0 Å². The maximum absolute atomic E-state index is 11.7. The van der Waals surface area contributed by atoms with E-state index < -0.39 is 0 Å². The van der Waals surface area contributed by atoms with Crippen molar-refractivity contribution in [1.82, 2.24) is 0 Å². The number of rotatable bonds is 3. The van der Waals surface area contributed by atoms with Crippen LogP contribution < -0.4 is 0 Å². The summed E-state index contributed by atoms with van der Waals surface area (Å²) in [5.41, 5.74) is 0.650. The standard InChI is InChI=1S/C13H9ClOS/c14-11-5-3-10(4-6-11)13(15)8-7-12-2-1-9-16-12/h1-9H/b8-7+. The molecule has 80 valence electrons. The van der Waals surface area contributed by atoms with Gasteiger partial charge in [-0.2, -0.15) is 0 Å². The van der Waals surface area contributed by atoms with E-state index in [9.17, 15) is 4.79 Å². The third-order valence-corrected chi connectivity index (χ3v) is 3.16. The lowest BCUT2D eigenvalue weighted by atomic mass is 10.1. The van der Waals surface area contributed by atoms with E-state index in [4.69, 9.17) is 11.6 Å². The Labute approximate surface area is 103 Å². The van der Waals surface area contributed by atoms with E-state index in [1.165, 1.54) is 0 Å². The number of thiophene rings is 1. The normalized spacial score (nSPS) is 10.8. The van der Waals surface area contributed by atoms with Crippen LogP contribution in [0.4, 0.5) is 0 Å². The first-order valence-corrected chi connectivity index (χ1v) is 6.03. The first-order valence-electron chi connectivity index (χ1n) is 4.77. The maximum atomic E-state index is 11.7. The number of carbonyl (C=O) groups excluding carboxylic acids is 1. The van der Waals surface area contributed by atoms with Gasteiger partial charge < -0.3 is 0 Å². The average Bonchev–Trinajstić information content (AvgIpc) is 2.80. The Balaban J connectivity index is 2.11. The molecule has 0 fully saturated rings. The van der Waals surface area contributed by atoms with E-state index in [-0.39, 0.29) is 5.78 Å². The van der Waals surface area contributed by atoms with E-state index in [1.807, 2.05) is 23.6 Å². The highest BCUT2D eigenvalue weighted by atomic mass is 35.5. The molecule has 3 heteroatoms. The third kappa shape index (κ3) is 2.81. The Morgan fingerprint density at radius 3 is 2.56 bits per heavy atom. The summed E-state index contributed by atoms with van der Waals surface area (Å²) >= 11 is 7.35. The molecule has 0 amide bonds. The van der Waals surface area contributed by atoms with Gasteiger partial charge in [0.15, 0.2) is 5.78 Å². The zero-order valence-electron chi connectivity index (χ0n) is 8.39. The van der Waals surface area contributed by atoms with Crippen molar-refractivity contribution in [3.63, 3.8) is 0 Å². The van der Waals surface area contributed by atoms with Gasteiger partial charge in [-0.15, -0.1) is 11.3 Å². The molecule has 2 rings (SSSR count). The van der Waals surface area contributed by atoms with E-state index in [0.717, 1.165) is 4.88 Å². The van der Waals surface area contributed by atoms with Crippen molar-refractivity contribution in [2.24, 2.45) is 0 Å². The molecule has 0 aliphatic carbocycles. The van der Waals surface area contributed by atoms with E-state index in [2.05, 4.69) is 0 Å². The topological polar surface area (TPSA) is 17.1 Å². The lowest BCUT2D eigenvalue weighted by Crippen LogP contribution is -1.92. The predicted octanol–water partition coefficient (Wildman–Crippen LogP) is 4.30. The number of carbonyl (C=O) groups is 1. The Morgan fingerprint density at radius 2 is 1.94 bits per heavy atom. The number of ketones is 1. The highest BCUT2D eigenvalue weighted by Crippen LogP contribution is 2.13. The second-order valence-corrected chi connectivity index (χ2v) is 4.64. The first-order chi connectivity index (χ1) is 7.75. The highest BCUT2D eigenvalue weighted by Gasteiger charge is 2.00. The molecule has 2 aromatic rings. The van der Waals surface area contributed by atoms with Gasteiger partial charge in [0, 0.05) is 15.5 Å². The molecule has 0 unspecified atom stereocenters. The van der Waals surface area contributed by atoms with Crippen LogP contribution in [0.2, 0.25) is 5.02 Å². The summed E-state index contributed by atoms with van der Waals surface area (Å²) < 4.78 is 0. The third-order valence-electron chi connectivity index (χ3n) is 2.07. The summed E-state index contributed by atoms with van der Waals surface area (Å²) in [6.07, 6.45) is 3.40. The van der Waals surface area contributed by atoms with Crippen molar-refractivity contribution in [2.45, 2.75) is 0 Å². The molecule has 1 nitrogen and oxygen atoms in total. The van der Waals surface area contributed by atoms with Gasteiger partial charge in [-0.25, -0.2) is 0 Å². The van der Waals surface area contributed by atoms with Crippen LogP contribution in [0.15, 0.2) is 47.9 Å². The number of hydrogen-bond acceptors (Lipinski definition) is 2. The van der Waals surface area contributed by atoms with Crippen LogP contribution in [0.25, 0.3) is 6.08 Å². The fraction of sp³-hybridized carbons (Fsp3) is 0. The molecule has 0 bridgehead atoms. The zero-order chi connectivity index (χ0) is 11.4. The molecular weight excluding hydrogens is 240 g/mol. The van der Waals surface area contributed by atoms with Crippen LogP contribution in [0.5, 0.6) is 0 Å². The quantitative estimate of drug-likeness (QED) is 0.585. The predicted molar refractivity (Wildman–Crippen MR) is 69.1 cm³/mol. The van der Waals surface area contributed by atoms with Crippen LogP contribution in [-0.2, 0) is 0 Å². The van der Waals surface area contributed by atoms with E-state index in [1.54, 1.807) is 41.7 Å². The largest absolute Gasteiger partial charge is 0.289 e. The minimum Gasteiger partial charge on any atom is -0.289 e. The number of halogens is 1. The summed E-state index contributed by atoms with van der Waals surface area (Å²) in [7, 11) is 0. The van der Waals surface area contributed by atoms with Gasteiger partial charge >= 0.3 is 0 Å². The molecular formula is C13H9ClOS. The van der Waals surface area contributed by atoms with Gasteiger partial charge in [0.05, 0.1) is 0 Å². The van der Waals surface area contributed by atoms with Crippen molar-refractivity contribution in [3.05, 3.63) is 63.3 Å². The average molecular weight is 249 g/mol. The van der Waals surface area contributed by atoms with Crippen LogP contribution >= 0.6 is 22.9 Å². The molecule has 0 radical (unpaired) electrons. The van der Waals surface area contributed by atoms with Crippen molar-refractivity contribution < 1.29 is 4.79 Å². The van der Waals surface area contributed by atoms with Crippen molar-refractivity contribution in [2.75, 3.05) is 0 Å². The fourth-order valence-electron chi connectivity index (χ4n) is 1.25. The molecule has 0 N–H and O–H groups in total. The number of hydrogen-bond donors (Lipinski definition) is 0. The fourth-order valence-corrected chi connectivity index (χ4v) is 2.00. The summed E-state index contributed by atoms with van der Waals surface area (Å²) in [6, 6.07) is 10.8. The molecule has 0 aliphatic heterocycles. The summed E-state index contributed by atoms with van der Waals surface area (Å²) in [5, 5.41) is 2.62. The molecule has 16 heavy (non-hydrogen) atoms. The van der Waals surface area contributed by atoms with Crippen LogP contribution in [0.1, 0.15) is 15.2 Å². The van der Waals surface area contributed by atoms with E-state index in [0.29, 0.717) is 10.6 Å². The minimum absolute atomic E-state index is 0.00920. The molecule has 0 atom stereocenters. The molecule has 1 aromatic carbocycles. The number of allylic oxidation sites excluding steroid dienone is 1. The maximum Gasteiger partial charge on any atom is 0.185 e. The summed E-state index contributed by atoms with van der Waals surface area (Å²) in [6.45, 7) is 0. The Morgan fingerprint density at radius 1 is 1.19 bits per heavy atom. The zero-order valence-corrected chi connectivity index (χ0v) is 9.96. The monoisotopic (exact) mass is 248 g/mol. The first kappa shape index (κ1) is 11.1. The number of benzene rings is 1. The molecule has 1 heterocycles. The van der Waals surface area contributed by atoms with E-state index >= 15 is 0 Å². The lowest BCUT2D eigenvalue weighted by Gasteiger charge is -1.95. The second-order valence-electron chi connectivity index (χ2n) is 3.22. The van der Waals surface area contributed by atoms with Crippen LogP contribution in [0, 0.1) is 0 Å². The van der Waals surface area contributed by atoms with Gasteiger partial charge in [0.1, 0.15) is 0 Å². The van der Waals surface area contributed by atoms with Gasteiger partial charge in [0.25, 0.3) is 0 Å². The van der Waals surface area contributed by atoms with Crippen molar-refractivity contribution >= 4 is 34.8 Å². The van der Waals surface area contributed by atoms with Gasteiger partial charge in [-0.1, -0.05) is 17.7 Å². The molecule has 0 saturated heterocycles. The Bertz CT molecular complexity index is 497. The molecule has 1 aromatic heterocycles. The summed E-state index contributed by atoms with van der Waals surface area (Å²) in [5.74, 6) is -0.00920. The molecule has 0 spiro atoms. The second kappa shape index (κ2) is 5.10. The minimum atomic E-state index is -0.00920. The van der Waals surface area contributed by atoms with Crippen molar-refractivity contribution in [1.29, 1.82) is 0 Å². The van der Waals surface area contributed by atoms with Crippen LogP contribution in [-0.4, -0.2) is 5.78 Å². The Kier molecular flexibility index (Phi) is 3.54. The molecule has 0 saturated carbocycles. The highest BCUT2D eigenvalue weighted by molar-refractivity contribution is 7.10. The Hall–Kier alpha value is -1.38.